The molecule has 3 heteroatoms. The molecule has 0 atom stereocenters. The third-order valence-electron chi connectivity index (χ3n) is 2.15. The predicted molar refractivity (Wildman–Crippen MR) is 69.8 cm³/mol. The summed E-state index contributed by atoms with van der Waals surface area (Å²) in [5.41, 5.74) is 1.68. The monoisotopic (exact) mass is 282 g/mol. The lowest BCUT2D eigenvalue weighted by Crippen LogP contribution is -2.00. The molecule has 0 aromatic heterocycles. The van der Waals surface area contributed by atoms with E-state index < -0.39 is 0 Å². The van der Waals surface area contributed by atoms with Crippen molar-refractivity contribution in [3.63, 3.8) is 0 Å². The van der Waals surface area contributed by atoms with Gasteiger partial charge in [-0.25, -0.2) is 4.79 Å². The lowest BCUT2D eigenvalue weighted by molar-refractivity contribution is 0.0601. The molecule has 1 aromatic rings. The Balaban J connectivity index is 2.57. The van der Waals surface area contributed by atoms with Gasteiger partial charge in [-0.3, -0.25) is 0 Å². The van der Waals surface area contributed by atoms with Gasteiger partial charge in [0, 0.05) is 5.33 Å². The number of unbranched alkanes of at least 4 members (excludes halogenated alkanes) is 1. The Hall–Kier alpha value is -1.09. The molecule has 86 valence electrons. The smallest absolute Gasteiger partial charge is 0.337 e. The molecule has 2 nitrogen and oxygen atoms in total. The first kappa shape index (κ1) is 13.0. The number of esters is 1. The van der Waals surface area contributed by atoms with Crippen LogP contribution in [0.15, 0.2) is 30.3 Å². The fourth-order valence-corrected chi connectivity index (χ4v) is 1.59. The van der Waals surface area contributed by atoms with E-state index in [1.54, 1.807) is 12.1 Å². The molecule has 0 unspecified atom stereocenters. The van der Waals surface area contributed by atoms with Crippen molar-refractivity contribution in [2.45, 2.75) is 12.8 Å². The molecule has 0 saturated carbocycles. The highest BCUT2D eigenvalue weighted by Crippen LogP contribution is 2.08. The normalized spacial score (nSPS) is 10.6. The van der Waals surface area contributed by atoms with E-state index in [0.717, 1.165) is 23.7 Å². The maximum Gasteiger partial charge on any atom is 0.337 e. The molecule has 0 aliphatic rings. The SMILES string of the molecule is COC(=O)c1ccc(/C=C/CCCBr)cc1. The Morgan fingerprint density at radius 2 is 2.06 bits per heavy atom. The summed E-state index contributed by atoms with van der Waals surface area (Å²) >= 11 is 3.38. The first-order valence-corrected chi connectivity index (χ1v) is 6.31. The highest BCUT2D eigenvalue weighted by atomic mass is 79.9. The van der Waals surface area contributed by atoms with E-state index in [-0.39, 0.29) is 5.97 Å². The highest BCUT2D eigenvalue weighted by molar-refractivity contribution is 9.09. The van der Waals surface area contributed by atoms with Crippen LogP contribution < -0.4 is 0 Å². The molecular weight excluding hydrogens is 268 g/mol. The summed E-state index contributed by atoms with van der Waals surface area (Å²) < 4.78 is 4.63. The fraction of sp³-hybridized carbons (Fsp3) is 0.308. The van der Waals surface area contributed by atoms with Crippen molar-refractivity contribution >= 4 is 28.0 Å². The van der Waals surface area contributed by atoms with Crippen LogP contribution in [-0.4, -0.2) is 18.4 Å². The molecule has 0 aliphatic heterocycles. The largest absolute Gasteiger partial charge is 0.465 e. The lowest BCUT2D eigenvalue weighted by Gasteiger charge is -1.99. The van der Waals surface area contributed by atoms with Gasteiger partial charge in [0.25, 0.3) is 0 Å². The number of methoxy groups -OCH3 is 1. The Morgan fingerprint density at radius 3 is 2.62 bits per heavy atom. The number of carbonyl (C=O) groups is 1. The van der Waals surface area contributed by atoms with Crippen LogP contribution in [0.3, 0.4) is 0 Å². The van der Waals surface area contributed by atoms with Crippen molar-refractivity contribution in [3.05, 3.63) is 41.5 Å². The van der Waals surface area contributed by atoms with Crippen molar-refractivity contribution in [1.82, 2.24) is 0 Å². The first-order chi connectivity index (χ1) is 7.77. The van der Waals surface area contributed by atoms with Crippen LogP contribution in [0.5, 0.6) is 0 Å². The Kier molecular flexibility index (Phi) is 5.86. The number of rotatable bonds is 5. The van der Waals surface area contributed by atoms with Gasteiger partial charge in [-0.2, -0.15) is 0 Å². The zero-order chi connectivity index (χ0) is 11.8. The van der Waals surface area contributed by atoms with E-state index in [9.17, 15) is 4.79 Å². The highest BCUT2D eigenvalue weighted by Gasteiger charge is 2.02. The molecule has 0 radical (unpaired) electrons. The molecule has 0 heterocycles. The number of benzene rings is 1. The lowest BCUT2D eigenvalue weighted by atomic mass is 10.1. The minimum atomic E-state index is -0.296. The quantitative estimate of drug-likeness (QED) is 0.468. The summed E-state index contributed by atoms with van der Waals surface area (Å²) in [6.45, 7) is 0. The predicted octanol–water partition coefficient (Wildman–Crippen LogP) is 3.66. The topological polar surface area (TPSA) is 26.3 Å². The van der Waals surface area contributed by atoms with Gasteiger partial charge >= 0.3 is 5.97 Å². The van der Waals surface area contributed by atoms with Gasteiger partial charge in [-0.05, 0) is 30.5 Å². The number of alkyl halides is 1. The second kappa shape index (κ2) is 7.23. The fourth-order valence-electron chi connectivity index (χ4n) is 1.26. The summed E-state index contributed by atoms with van der Waals surface area (Å²) in [7, 11) is 1.39. The number of hydrogen-bond acceptors (Lipinski definition) is 2. The number of hydrogen-bond donors (Lipinski definition) is 0. The Morgan fingerprint density at radius 1 is 1.38 bits per heavy atom. The van der Waals surface area contributed by atoms with Gasteiger partial charge in [0.05, 0.1) is 12.7 Å². The molecule has 0 saturated heterocycles. The standard InChI is InChI=1S/C13H15BrO2/c1-16-13(15)12-8-6-11(7-9-12)5-3-2-4-10-14/h3,5-9H,2,4,10H2,1H3/b5-3+. The minimum Gasteiger partial charge on any atom is -0.465 e. The van der Waals surface area contributed by atoms with Gasteiger partial charge in [0.15, 0.2) is 0 Å². The van der Waals surface area contributed by atoms with Gasteiger partial charge < -0.3 is 4.74 Å². The van der Waals surface area contributed by atoms with Crippen LogP contribution in [-0.2, 0) is 4.74 Å². The molecule has 0 spiro atoms. The van der Waals surface area contributed by atoms with E-state index in [1.807, 2.05) is 12.1 Å². The average Bonchev–Trinajstić information content (AvgIpc) is 2.34. The average molecular weight is 283 g/mol. The van der Waals surface area contributed by atoms with Crippen LogP contribution in [0.2, 0.25) is 0 Å². The molecule has 1 rings (SSSR count). The third kappa shape index (κ3) is 4.19. The summed E-state index contributed by atoms with van der Waals surface area (Å²) in [6.07, 6.45) is 6.39. The van der Waals surface area contributed by atoms with E-state index in [2.05, 4.69) is 32.8 Å². The number of ether oxygens (including phenoxy) is 1. The van der Waals surface area contributed by atoms with Gasteiger partial charge in [-0.1, -0.05) is 40.2 Å². The number of halogens is 1. The molecule has 0 aliphatic carbocycles. The van der Waals surface area contributed by atoms with Crippen molar-refractivity contribution in [1.29, 1.82) is 0 Å². The van der Waals surface area contributed by atoms with Crippen molar-refractivity contribution in [2.75, 3.05) is 12.4 Å². The molecule has 0 fully saturated rings. The van der Waals surface area contributed by atoms with Crippen LogP contribution >= 0.6 is 15.9 Å². The second-order valence-electron chi connectivity index (χ2n) is 3.35. The molecule has 0 N–H and O–H groups in total. The maximum atomic E-state index is 11.2. The molecule has 0 bridgehead atoms. The summed E-state index contributed by atoms with van der Waals surface area (Å²) in [5, 5.41) is 1.03. The minimum absolute atomic E-state index is 0.296. The Bertz CT molecular complexity index is 355. The van der Waals surface area contributed by atoms with Gasteiger partial charge in [0.2, 0.25) is 0 Å². The first-order valence-electron chi connectivity index (χ1n) is 5.19. The van der Waals surface area contributed by atoms with E-state index in [4.69, 9.17) is 0 Å². The van der Waals surface area contributed by atoms with Crippen LogP contribution in [0.1, 0.15) is 28.8 Å². The van der Waals surface area contributed by atoms with Crippen LogP contribution in [0.4, 0.5) is 0 Å². The van der Waals surface area contributed by atoms with Crippen LogP contribution in [0, 0.1) is 0 Å². The number of allylic oxidation sites excluding steroid dienone is 1. The summed E-state index contributed by atoms with van der Waals surface area (Å²) in [5.74, 6) is -0.296. The summed E-state index contributed by atoms with van der Waals surface area (Å²) in [6, 6.07) is 7.37. The Labute approximate surface area is 104 Å². The van der Waals surface area contributed by atoms with Crippen molar-refractivity contribution in [2.24, 2.45) is 0 Å². The molecule has 16 heavy (non-hydrogen) atoms. The number of carbonyl (C=O) groups excluding carboxylic acids is 1. The zero-order valence-electron chi connectivity index (χ0n) is 9.28. The van der Waals surface area contributed by atoms with E-state index in [0.29, 0.717) is 5.56 Å². The third-order valence-corrected chi connectivity index (χ3v) is 2.71. The van der Waals surface area contributed by atoms with E-state index in [1.165, 1.54) is 7.11 Å². The van der Waals surface area contributed by atoms with Gasteiger partial charge in [-0.15, -0.1) is 0 Å². The second-order valence-corrected chi connectivity index (χ2v) is 4.14. The maximum absolute atomic E-state index is 11.2. The molecule has 0 amide bonds. The van der Waals surface area contributed by atoms with Gasteiger partial charge in [0.1, 0.15) is 0 Å². The van der Waals surface area contributed by atoms with Crippen LogP contribution in [0.25, 0.3) is 6.08 Å². The molecule has 1 aromatic carbocycles. The van der Waals surface area contributed by atoms with Crippen molar-refractivity contribution < 1.29 is 9.53 Å². The molecular formula is C13H15BrO2. The summed E-state index contributed by atoms with van der Waals surface area (Å²) in [4.78, 5) is 11.2. The van der Waals surface area contributed by atoms with E-state index >= 15 is 0 Å². The van der Waals surface area contributed by atoms with Crippen molar-refractivity contribution in [3.8, 4) is 0 Å². The zero-order valence-corrected chi connectivity index (χ0v) is 10.9.